The fourth-order valence-corrected chi connectivity index (χ4v) is 1.72. The summed E-state index contributed by atoms with van der Waals surface area (Å²) in [5, 5.41) is 10.1. The summed E-state index contributed by atoms with van der Waals surface area (Å²) in [6, 6.07) is 6.03. The molecule has 0 aliphatic heterocycles. The lowest BCUT2D eigenvalue weighted by Crippen LogP contribution is -2.23. The van der Waals surface area contributed by atoms with Crippen LogP contribution < -0.4 is 0 Å². The van der Waals surface area contributed by atoms with Crippen molar-refractivity contribution in [3.8, 4) is 0 Å². The van der Waals surface area contributed by atoms with Crippen LogP contribution in [0.2, 0.25) is 0 Å². The molecule has 14 heavy (non-hydrogen) atoms. The molecule has 1 nitrogen and oxygen atoms in total. The molecule has 0 fully saturated rings. The van der Waals surface area contributed by atoms with Crippen molar-refractivity contribution in [1.82, 2.24) is 0 Å². The molecule has 0 heterocycles. The third-order valence-corrected chi connectivity index (χ3v) is 2.27. The first-order valence-corrected chi connectivity index (χ1v) is 4.90. The van der Waals surface area contributed by atoms with Crippen molar-refractivity contribution in [1.29, 1.82) is 0 Å². The summed E-state index contributed by atoms with van der Waals surface area (Å²) in [6.07, 6.45) is 0.679. The number of hydrogen-bond donors (Lipinski definition) is 1. The number of hydrogen-bond acceptors (Lipinski definition) is 1. The molecule has 1 atom stereocenters. The van der Waals surface area contributed by atoms with Gasteiger partial charge >= 0.3 is 0 Å². The largest absolute Gasteiger partial charge is 0.385 e. The molecule has 1 aromatic rings. The Morgan fingerprint density at radius 2 is 1.79 bits per heavy atom. The molecule has 78 valence electrons. The van der Waals surface area contributed by atoms with Crippen LogP contribution in [0.5, 0.6) is 0 Å². The molecule has 0 aliphatic carbocycles. The van der Waals surface area contributed by atoms with Crippen molar-refractivity contribution >= 4 is 0 Å². The van der Waals surface area contributed by atoms with Crippen LogP contribution in [0.15, 0.2) is 24.3 Å². The fourth-order valence-electron chi connectivity index (χ4n) is 1.72. The molecule has 0 saturated carbocycles. The highest BCUT2D eigenvalue weighted by atomic mass is 19.1. The van der Waals surface area contributed by atoms with E-state index in [1.165, 1.54) is 12.1 Å². The average molecular weight is 196 g/mol. The van der Waals surface area contributed by atoms with Crippen molar-refractivity contribution < 1.29 is 9.50 Å². The molecule has 0 saturated heterocycles. The molecular formula is C12H17FO. The van der Waals surface area contributed by atoms with E-state index in [2.05, 4.69) is 13.8 Å². The Hall–Kier alpha value is -0.890. The van der Waals surface area contributed by atoms with Crippen LogP contribution >= 0.6 is 0 Å². The van der Waals surface area contributed by atoms with Gasteiger partial charge in [0, 0.05) is 0 Å². The van der Waals surface area contributed by atoms with Crippen molar-refractivity contribution in [3.63, 3.8) is 0 Å². The summed E-state index contributed by atoms with van der Waals surface area (Å²) < 4.78 is 12.7. The van der Waals surface area contributed by atoms with Gasteiger partial charge in [0.05, 0.1) is 5.60 Å². The van der Waals surface area contributed by atoms with E-state index in [0.29, 0.717) is 12.3 Å². The highest BCUT2D eigenvalue weighted by Crippen LogP contribution is 2.27. The summed E-state index contributed by atoms with van der Waals surface area (Å²) >= 11 is 0. The van der Waals surface area contributed by atoms with E-state index in [4.69, 9.17) is 0 Å². The highest BCUT2D eigenvalue weighted by molar-refractivity contribution is 5.22. The van der Waals surface area contributed by atoms with Gasteiger partial charge in [0.2, 0.25) is 0 Å². The summed E-state index contributed by atoms with van der Waals surface area (Å²) in [4.78, 5) is 0. The first-order valence-electron chi connectivity index (χ1n) is 4.90. The van der Waals surface area contributed by atoms with Crippen molar-refractivity contribution in [2.24, 2.45) is 5.92 Å². The van der Waals surface area contributed by atoms with Crippen LogP contribution in [0.3, 0.4) is 0 Å². The average Bonchev–Trinajstić information content (AvgIpc) is 2.02. The first-order chi connectivity index (χ1) is 6.42. The van der Waals surface area contributed by atoms with Crippen LogP contribution in [0.25, 0.3) is 0 Å². The Balaban J connectivity index is 2.86. The minimum Gasteiger partial charge on any atom is -0.385 e. The lowest BCUT2D eigenvalue weighted by atomic mass is 9.87. The molecular weight excluding hydrogens is 179 g/mol. The molecule has 0 aromatic heterocycles. The van der Waals surface area contributed by atoms with E-state index in [-0.39, 0.29) is 5.82 Å². The van der Waals surface area contributed by atoms with Crippen LogP contribution in [0.4, 0.5) is 4.39 Å². The Kier molecular flexibility index (Phi) is 3.27. The number of halogens is 1. The molecule has 1 aromatic carbocycles. The molecule has 1 N–H and O–H groups in total. The van der Waals surface area contributed by atoms with Crippen LogP contribution in [-0.2, 0) is 5.60 Å². The van der Waals surface area contributed by atoms with Crippen LogP contribution in [0, 0.1) is 11.7 Å². The maximum atomic E-state index is 12.7. The fraction of sp³-hybridized carbons (Fsp3) is 0.500. The molecule has 1 unspecified atom stereocenters. The minimum absolute atomic E-state index is 0.269. The van der Waals surface area contributed by atoms with E-state index in [9.17, 15) is 9.50 Å². The molecule has 0 spiro atoms. The molecule has 2 heteroatoms. The summed E-state index contributed by atoms with van der Waals surface area (Å²) in [5.41, 5.74) is -0.0883. The predicted molar refractivity (Wildman–Crippen MR) is 55.4 cm³/mol. The zero-order valence-electron chi connectivity index (χ0n) is 8.92. The standard InChI is InChI=1S/C12H17FO/c1-9(2)8-12(3,14)10-4-6-11(13)7-5-10/h4-7,9,14H,8H2,1-3H3. The van der Waals surface area contributed by atoms with Gasteiger partial charge in [-0.3, -0.25) is 0 Å². The van der Waals surface area contributed by atoms with E-state index < -0.39 is 5.60 Å². The zero-order valence-corrected chi connectivity index (χ0v) is 8.92. The van der Waals surface area contributed by atoms with Gasteiger partial charge in [-0.25, -0.2) is 4.39 Å². The van der Waals surface area contributed by atoms with Crippen molar-refractivity contribution in [2.75, 3.05) is 0 Å². The van der Waals surface area contributed by atoms with Gasteiger partial charge in [0.15, 0.2) is 0 Å². The lowest BCUT2D eigenvalue weighted by molar-refractivity contribution is 0.0348. The maximum absolute atomic E-state index is 12.7. The monoisotopic (exact) mass is 196 g/mol. The Bertz CT molecular complexity index is 288. The van der Waals surface area contributed by atoms with Crippen molar-refractivity contribution in [2.45, 2.75) is 32.8 Å². The smallest absolute Gasteiger partial charge is 0.123 e. The Morgan fingerprint density at radius 1 is 1.29 bits per heavy atom. The topological polar surface area (TPSA) is 20.2 Å². The lowest BCUT2D eigenvalue weighted by Gasteiger charge is -2.25. The second-order valence-electron chi connectivity index (χ2n) is 4.38. The molecule has 0 radical (unpaired) electrons. The van der Waals surface area contributed by atoms with Gasteiger partial charge < -0.3 is 5.11 Å². The van der Waals surface area contributed by atoms with Crippen molar-refractivity contribution in [3.05, 3.63) is 35.6 Å². The summed E-state index contributed by atoms with van der Waals surface area (Å²) in [6.45, 7) is 5.87. The maximum Gasteiger partial charge on any atom is 0.123 e. The van der Waals surface area contributed by atoms with Gasteiger partial charge in [-0.1, -0.05) is 26.0 Å². The van der Waals surface area contributed by atoms with Gasteiger partial charge in [-0.15, -0.1) is 0 Å². The normalized spacial score (nSPS) is 15.6. The second-order valence-corrected chi connectivity index (χ2v) is 4.38. The van der Waals surface area contributed by atoms with E-state index >= 15 is 0 Å². The highest BCUT2D eigenvalue weighted by Gasteiger charge is 2.23. The van der Waals surface area contributed by atoms with Crippen LogP contribution in [-0.4, -0.2) is 5.11 Å². The number of aliphatic hydroxyl groups is 1. The second kappa shape index (κ2) is 4.09. The zero-order chi connectivity index (χ0) is 10.8. The third kappa shape index (κ3) is 2.81. The number of benzene rings is 1. The van der Waals surface area contributed by atoms with Gasteiger partial charge in [-0.2, -0.15) is 0 Å². The minimum atomic E-state index is -0.859. The van der Waals surface area contributed by atoms with E-state index in [1.54, 1.807) is 19.1 Å². The molecule has 1 rings (SSSR count). The summed E-state index contributed by atoms with van der Waals surface area (Å²) in [7, 11) is 0. The Morgan fingerprint density at radius 3 is 2.21 bits per heavy atom. The first kappa shape index (κ1) is 11.2. The van der Waals surface area contributed by atoms with E-state index in [0.717, 1.165) is 5.56 Å². The summed E-state index contributed by atoms with van der Waals surface area (Å²) in [5.74, 6) is 0.143. The Labute approximate surface area is 84.6 Å². The predicted octanol–water partition coefficient (Wildman–Crippen LogP) is 3.08. The molecule has 0 bridgehead atoms. The van der Waals surface area contributed by atoms with Gasteiger partial charge in [-0.05, 0) is 37.0 Å². The number of rotatable bonds is 3. The molecule has 0 amide bonds. The SMILES string of the molecule is CC(C)CC(C)(O)c1ccc(F)cc1. The molecule has 0 aliphatic rings. The van der Waals surface area contributed by atoms with Gasteiger partial charge in [0.25, 0.3) is 0 Å². The van der Waals surface area contributed by atoms with Crippen LogP contribution in [0.1, 0.15) is 32.8 Å². The van der Waals surface area contributed by atoms with Gasteiger partial charge in [0.1, 0.15) is 5.82 Å². The third-order valence-electron chi connectivity index (χ3n) is 2.27. The quantitative estimate of drug-likeness (QED) is 0.787. The van der Waals surface area contributed by atoms with E-state index in [1.807, 2.05) is 0 Å².